The van der Waals surface area contributed by atoms with E-state index in [9.17, 15) is 14.0 Å². The molecule has 0 aliphatic carbocycles. The third kappa shape index (κ3) is 4.76. The minimum Gasteiger partial charge on any atom is -0.399 e. The van der Waals surface area contributed by atoms with E-state index in [1.54, 1.807) is 49.5 Å². The summed E-state index contributed by atoms with van der Waals surface area (Å²) in [6, 6.07) is 19.3. The number of hydrogen-bond donors (Lipinski definition) is 2. The van der Waals surface area contributed by atoms with Gasteiger partial charge < -0.3 is 16.0 Å². The van der Waals surface area contributed by atoms with Gasteiger partial charge in [0.15, 0.2) is 5.01 Å². The fourth-order valence-electron chi connectivity index (χ4n) is 3.33. The highest BCUT2D eigenvalue weighted by molar-refractivity contribution is 7.20. The third-order valence-electron chi connectivity index (χ3n) is 4.97. The van der Waals surface area contributed by atoms with Gasteiger partial charge in [-0.25, -0.2) is 9.37 Å². The van der Waals surface area contributed by atoms with Crippen molar-refractivity contribution in [2.45, 2.75) is 12.6 Å². The fourth-order valence-corrected chi connectivity index (χ4v) is 4.24. The van der Waals surface area contributed by atoms with E-state index in [2.05, 4.69) is 10.3 Å². The molecule has 4 rings (SSSR count). The van der Waals surface area contributed by atoms with Gasteiger partial charge in [0.05, 0.1) is 10.2 Å². The van der Waals surface area contributed by atoms with Crippen molar-refractivity contribution in [3.8, 4) is 0 Å². The van der Waals surface area contributed by atoms with E-state index >= 15 is 0 Å². The number of carbonyl (C=O) groups excluding carboxylic acids is 2. The number of halogens is 1. The predicted molar refractivity (Wildman–Crippen MR) is 124 cm³/mol. The van der Waals surface area contributed by atoms with Crippen molar-refractivity contribution in [3.05, 3.63) is 94.7 Å². The van der Waals surface area contributed by atoms with Crippen molar-refractivity contribution in [2.24, 2.45) is 0 Å². The topological polar surface area (TPSA) is 88.3 Å². The molecule has 0 saturated heterocycles. The van der Waals surface area contributed by atoms with Gasteiger partial charge in [-0.1, -0.05) is 42.5 Å². The molecule has 1 aromatic heterocycles. The third-order valence-corrected chi connectivity index (χ3v) is 5.99. The van der Waals surface area contributed by atoms with E-state index in [4.69, 9.17) is 5.73 Å². The van der Waals surface area contributed by atoms with Gasteiger partial charge in [0.1, 0.15) is 11.9 Å². The van der Waals surface area contributed by atoms with Gasteiger partial charge in [-0.2, -0.15) is 0 Å². The van der Waals surface area contributed by atoms with Crippen molar-refractivity contribution < 1.29 is 14.0 Å². The van der Waals surface area contributed by atoms with Crippen LogP contribution < -0.4 is 11.1 Å². The van der Waals surface area contributed by atoms with Crippen LogP contribution in [0.25, 0.3) is 10.2 Å². The largest absolute Gasteiger partial charge is 0.399 e. The maximum absolute atomic E-state index is 13.3. The van der Waals surface area contributed by atoms with Gasteiger partial charge in [-0.15, -0.1) is 11.3 Å². The molecule has 0 aliphatic rings. The number of carbonyl (C=O) groups is 2. The quantitative estimate of drug-likeness (QED) is 0.434. The molecule has 0 aliphatic heterocycles. The fraction of sp³-hybridized carbons (Fsp3) is 0.125. The Morgan fingerprint density at radius 1 is 1.09 bits per heavy atom. The number of hydrogen-bond acceptors (Lipinski definition) is 5. The van der Waals surface area contributed by atoms with Crippen molar-refractivity contribution in [2.75, 3.05) is 12.8 Å². The first-order chi connectivity index (χ1) is 15.4. The molecule has 4 aromatic rings. The minimum absolute atomic E-state index is 0.250. The summed E-state index contributed by atoms with van der Waals surface area (Å²) in [5.41, 5.74) is 8.52. The lowest BCUT2D eigenvalue weighted by molar-refractivity contribution is -0.132. The maximum atomic E-state index is 13.3. The highest BCUT2D eigenvalue weighted by atomic mass is 32.1. The number of thiazole rings is 1. The van der Waals surface area contributed by atoms with Gasteiger partial charge >= 0.3 is 0 Å². The van der Waals surface area contributed by atoms with Crippen molar-refractivity contribution >= 4 is 39.1 Å². The Bertz CT molecular complexity index is 1260. The second-order valence-corrected chi connectivity index (χ2v) is 8.41. The Hall–Kier alpha value is -3.78. The second-order valence-electron chi connectivity index (χ2n) is 7.38. The molecule has 0 fully saturated rings. The van der Waals surface area contributed by atoms with Crippen LogP contribution >= 0.6 is 11.3 Å². The summed E-state index contributed by atoms with van der Waals surface area (Å²) in [4.78, 5) is 32.2. The molecule has 2 amide bonds. The molecule has 0 spiro atoms. The Morgan fingerprint density at radius 2 is 1.81 bits per heavy atom. The van der Waals surface area contributed by atoms with Crippen LogP contribution in [0.5, 0.6) is 0 Å². The minimum atomic E-state index is -0.897. The van der Waals surface area contributed by atoms with Crippen LogP contribution in [0.2, 0.25) is 0 Å². The van der Waals surface area contributed by atoms with Gasteiger partial charge in [-0.05, 0) is 41.5 Å². The maximum Gasteiger partial charge on any atom is 0.281 e. The number of anilines is 1. The van der Waals surface area contributed by atoms with E-state index in [1.165, 1.54) is 28.4 Å². The molecule has 6 nitrogen and oxygen atoms in total. The molecule has 162 valence electrons. The Balaban J connectivity index is 1.57. The summed E-state index contributed by atoms with van der Waals surface area (Å²) in [5.74, 6) is -1.07. The van der Waals surface area contributed by atoms with Crippen LogP contribution in [-0.4, -0.2) is 28.7 Å². The number of benzene rings is 3. The SMILES string of the molecule is CN(Cc1ccc(F)cc1)C(=O)C(NC(=O)c1nc2ccc(N)cc2s1)c1ccccc1. The molecule has 1 heterocycles. The van der Waals surface area contributed by atoms with Gasteiger partial charge in [0.2, 0.25) is 5.91 Å². The summed E-state index contributed by atoms with van der Waals surface area (Å²) in [6.45, 7) is 0.277. The number of likely N-dealkylation sites (N-methyl/N-ethyl adjacent to an activating group) is 1. The Morgan fingerprint density at radius 3 is 2.53 bits per heavy atom. The van der Waals surface area contributed by atoms with E-state index in [0.29, 0.717) is 16.8 Å². The van der Waals surface area contributed by atoms with Crippen LogP contribution in [0.1, 0.15) is 27.0 Å². The lowest BCUT2D eigenvalue weighted by Crippen LogP contribution is -2.41. The van der Waals surface area contributed by atoms with Crippen molar-refractivity contribution in [3.63, 3.8) is 0 Å². The molecule has 8 heteroatoms. The normalized spacial score (nSPS) is 11.8. The summed E-state index contributed by atoms with van der Waals surface area (Å²) >= 11 is 1.22. The number of nitrogens with two attached hydrogens (primary N) is 1. The zero-order chi connectivity index (χ0) is 22.7. The van der Waals surface area contributed by atoms with Gasteiger partial charge in [-0.3, -0.25) is 9.59 Å². The molecule has 1 unspecified atom stereocenters. The molecule has 0 bridgehead atoms. The molecule has 32 heavy (non-hydrogen) atoms. The van der Waals surface area contributed by atoms with Crippen LogP contribution in [0.15, 0.2) is 72.8 Å². The van der Waals surface area contributed by atoms with Crippen molar-refractivity contribution in [1.82, 2.24) is 15.2 Å². The Kier molecular flexibility index (Phi) is 6.13. The first-order valence-electron chi connectivity index (χ1n) is 9.92. The molecule has 0 saturated carbocycles. The lowest BCUT2D eigenvalue weighted by Gasteiger charge is -2.25. The van der Waals surface area contributed by atoms with E-state index in [1.807, 2.05) is 18.2 Å². The average Bonchev–Trinajstić information content (AvgIpc) is 3.22. The van der Waals surface area contributed by atoms with Gasteiger partial charge in [0, 0.05) is 19.3 Å². The molecule has 1 atom stereocenters. The van der Waals surface area contributed by atoms with E-state index in [-0.39, 0.29) is 23.3 Å². The number of fused-ring (bicyclic) bond motifs is 1. The average molecular weight is 449 g/mol. The van der Waals surface area contributed by atoms with Crippen LogP contribution in [-0.2, 0) is 11.3 Å². The highest BCUT2D eigenvalue weighted by Gasteiger charge is 2.27. The molecule has 0 radical (unpaired) electrons. The number of nitrogens with zero attached hydrogens (tertiary/aromatic N) is 2. The monoisotopic (exact) mass is 448 g/mol. The summed E-state index contributed by atoms with van der Waals surface area (Å²) in [6.07, 6.45) is 0. The van der Waals surface area contributed by atoms with E-state index in [0.717, 1.165) is 10.3 Å². The number of rotatable bonds is 6. The highest BCUT2D eigenvalue weighted by Crippen LogP contribution is 2.25. The van der Waals surface area contributed by atoms with Crippen molar-refractivity contribution in [1.29, 1.82) is 0 Å². The van der Waals surface area contributed by atoms with Gasteiger partial charge in [0.25, 0.3) is 5.91 Å². The second kappa shape index (κ2) is 9.15. The Labute approximate surface area is 188 Å². The predicted octanol–water partition coefficient (Wildman–Crippen LogP) is 4.15. The van der Waals surface area contributed by atoms with Crippen LogP contribution in [0.3, 0.4) is 0 Å². The number of nitrogens with one attached hydrogen (secondary N) is 1. The van der Waals surface area contributed by atoms with Crippen LogP contribution in [0, 0.1) is 5.82 Å². The smallest absolute Gasteiger partial charge is 0.281 e. The molecule has 3 N–H and O–H groups in total. The number of amides is 2. The lowest BCUT2D eigenvalue weighted by atomic mass is 10.1. The van der Waals surface area contributed by atoms with E-state index < -0.39 is 11.9 Å². The molecular formula is C24H21FN4O2S. The molecule has 3 aromatic carbocycles. The zero-order valence-corrected chi connectivity index (χ0v) is 18.1. The summed E-state index contributed by atoms with van der Waals surface area (Å²) in [7, 11) is 1.65. The number of nitrogen functional groups attached to an aromatic ring is 1. The first-order valence-corrected chi connectivity index (χ1v) is 10.7. The van der Waals surface area contributed by atoms with Crippen LogP contribution in [0.4, 0.5) is 10.1 Å². The molecular weight excluding hydrogens is 427 g/mol. The number of aromatic nitrogens is 1. The summed E-state index contributed by atoms with van der Waals surface area (Å²) in [5, 5.41) is 3.08. The zero-order valence-electron chi connectivity index (χ0n) is 17.3. The standard InChI is InChI=1S/C24H21FN4O2S/c1-29(14-15-7-9-17(25)10-8-15)24(31)21(16-5-3-2-4-6-16)28-22(30)23-27-19-12-11-18(26)13-20(19)32-23/h2-13,21H,14,26H2,1H3,(H,28,30). The summed E-state index contributed by atoms with van der Waals surface area (Å²) < 4.78 is 14.0. The first kappa shape index (κ1) is 21.5.